The zero-order chi connectivity index (χ0) is 12.9. The first-order valence-electron chi connectivity index (χ1n) is 6.23. The summed E-state index contributed by atoms with van der Waals surface area (Å²) in [5, 5.41) is 3.09. The van der Waals surface area contributed by atoms with Crippen LogP contribution in [0.2, 0.25) is 0 Å². The van der Waals surface area contributed by atoms with Gasteiger partial charge in [0.05, 0.1) is 0 Å². The molecule has 0 aliphatic carbocycles. The maximum absolute atomic E-state index is 11.9. The Morgan fingerprint density at radius 1 is 1.53 bits per heavy atom. The third kappa shape index (κ3) is 5.22. The summed E-state index contributed by atoms with van der Waals surface area (Å²) in [6.07, 6.45) is 4.07. The van der Waals surface area contributed by atoms with Crippen molar-refractivity contribution >= 4 is 6.09 Å². The molecular weight excluding hydrogens is 216 g/mol. The minimum atomic E-state index is -0.413. The van der Waals surface area contributed by atoms with E-state index in [1.54, 1.807) is 4.90 Å². The molecule has 0 bridgehead atoms. The number of hydrogen-bond acceptors (Lipinski definition) is 3. The summed E-state index contributed by atoms with van der Waals surface area (Å²) < 4.78 is 5.37. The highest BCUT2D eigenvalue weighted by molar-refractivity contribution is 5.68. The van der Waals surface area contributed by atoms with E-state index in [0.717, 1.165) is 25.9 Å². The number of likely N-dealkylation sites (tertiary alicyclic amines) is 1. The average molecular weight is 240 g/mol. The topological polar surface area (TPSA) is 41.6 Å². The van der Waals surface area contributed by atoms with E-state index in [2.05, 4.69) is 11.4 Å². The molecule has 0 aromatic rings. The lowest BCUT2D eigenvalue weighted by Crippen LogP contribution is -2.40. The molecule has 98 valence electrons. The van der Waals surface area contributed by atoms with Gasteiger partial charge < -0.3 is 15.0 Å². The second kappa shape index (κ2) is 6.05. The van der Waals surface area contributed by atoms with Crippen molar-refractivity contribution in [3.8, 4) is 0 Å². The van der Waals surface area contributed by atoms with Crippen molar-refractivity contribution in [1.29, 1.82) is 0 Å². The second-order valence-electron chi connectivity index (χ2n) is 5.43. The molecule has 4 heteroatoms. The lowest BCUT2D eigenvalue weighted by atomic mass is 10.0. The predicted octanol–water partition coefficient (Wildman–Crippen LogP) is 2.16. The smallest absolute Gasteiger partial charge is 0.410 e. The largest absolute Gasteiger partial charge is 0.444 e. The van der Waals surface area contributed by atoms with Gasteiger partial charge in [0.15, 0.2) is 0 Å². The summed E-state index contributed by atoms with van der Waals surface area (Å²) in [6.45, 7) is 8.05. The summed E-state index contributed by atoms with van der Waals surface area (Å²) in [5.74, 6) is 0. The fourth-order valence-electron chi connectivity index (χ4n) is 1.80. The van der Waals surface area contributed by atoms with Crippen LogP contribution in [0.1, 0.15) is 33.6 Å². The third-order valence-corrected chi connectivity index (χ3v) is 2.57. The van der Waals surface area contributed by atoms with Gasteiger partial charge >= 0.3 is 6.09 Å². The molecule has 1 fully saturated rings. The van der Waals surface area contributed by atoms with Crippen LogP contribution < -0.4 is 5.32 Å². The van der Waals surface area contributed by atoms with Gasteiger partial charge in [0.25, 0.3) is 0 Å². The number of rotatable bonds is 2. The number of ether oxygens (including phenoxy) is 1. The Morgan fingerprint density at radius 3 is 2.82 bits per heavy atom. The maximum atomic E-state index is 11.9. The lowest BCUT2D eigenvalue weighted by Gasteiger charge is -2.31. The van der Waals surface area contributed by atoms with Gasteiger partial charge in [-0.15, -0.1) is 0 Å². The first kappa shape index (κ1) is 14.0. The molecule has 17 heavy (non-hydrogen) atoms. The molecule has 0 aromatic carbocycles. The van der Waals surface area contributed by atoms with E-state index in [9.17, 15) is 4.79 Å². The van der Waals surface area contributed by atoms with Crippen molar-refractivity contribution in [3.63, 3.8) is 0 Å². The number of carbonyl (C=O) groups excluding carboxylic acids is 1. The molecule has 1 aliphatic rings. The number of nitrogens with zero attached hydrogens (tertiary/aromatic N) is 1. The van der Waals surface area contributed by atoms with Crippen LogP contribution in [0.3, 0.4) is 0 Å². The monoisotopic (exact) mass is 240 g/mol. The van der Waals surface area contributed by atoms with E-state index in [4.69, 9.17) is 4.74 Å². The van der Waals surface area contributed by atoms with Crippen molar-refractivity contribution < 1.29 is 9.53 Å². The van der Waals surface area contributed by atoms with Crippen LogP contribution >= 0.6 is 0 Å². The Kier molecular flexibility index (Phi) is 5.00. The van der Waals surface area contributed by atoms with Gasteiger partial charge in [0.2, 0.25) is 0 Å². The Morgan fingerprint density at radius 2 is 2.24 bits per heavy atom. The third-order valence-electron chi connectivity index (χ3n) is 2.57. The molecule has 0 atom stereocenters. The van der Waals surface area contributed by atoms with Gasteiger partial charge in [-0.1, -0.05) is 11.6 Å². The van der Waals surface area contributed by atoms with Gasteiger partial charge in [-0.2, -0.15) is 0 Å². The first-order chi connectivity index (χ1) is 7.92. The van der Waals surface area contributed by atoms with E-state index in [-0.39, 0.29) is 6.09 Å². The Hall–Kier alpha value is -1.03. The fourth-order valence-corrected chi connectivity index (χ4v) is 1.80. The van der Waals surface area contributed by atoms with Crippen LogP contribution in [-0.2, 0) is 4.74 Å². The predicted molar refractivity (Wildman–Crippen MR) is 69.1 cm³/mol. The molecule has 0 spiro atoms. The van der Waals surface area contributed by atoms with Crippen molar-refractivity contribution in [2.75, 3.05) is 26.7 Å². The Labute approximate surface area is 104 Å². The van der Waals surface area contributed by atoms with Gasteiger partial charge in [-0.05, 0) is 40.7 Å². The summed E-state index contributed by atoms with van der Waals surface area (Å²) >= 11 is 0. The highest BCUT2D eigenvalue weighted by atomic mass is 16.6. The maximum Gasteiger partial charge on any atom is 0.410 e. The number of nitrogens with one attached hydrogen (secondary N) is 1. The Balaban J connectivity index is 2.52. The molecular formula is C13H24N2O2. The van der Waals surface area contributed by atoms with Gasteiger partial charge in [0, 0.05) is 19.6 Å². The lowest BCUT2D eigenvalue weighted by molar-refractivity contribution is 0.0246. The first-order valence-corrected chi connectivity index (χ1v) is 6.23. The van der Waals surface area contributed by atoms with E-state index in [0.29, 0.717) is 6.54 Å². The van der Waals surface area contributed by atoms with Crippen molar-refractivity contribution in [2.24, 2.45) is 0 Å². The average Bonchev–Trinajstić information content (AvgIpc) is 2.24. The van der Waals surface area contributed by atoms with Gasteiger partial charge in [-0.25, -0.2) is 4.79 Å². The zero-order valence-electron chi connectivity index (χ0n) is 11.4. The van der Waals surface area contributed by atoms with Gasteiger partial charge in [-0.3, -0.25) is 0 Å². The molecule has 0 aromatic heterocycles. The molecule has 0 saturated carbocycles. The van der Waals surface area contributed by atoms with Crippen LogP contribution in [0.15, 0.2) is 11.6 Å². The fraction of sp³-hybridized carbons (Fsp3) is 0.769. The molecule has 1 rings (SSSR count). The summed E-state index contributed by atoms with van der Waals surface area (Å²) in [7, 11) is 1.92. The standard InChI is InChI=1S/C13H24N2O2/c1-13(2,3)17-12(16)15-9-5-6-11(10-15)7-8-14-4/h7,14H,5-6,8-10H2,1-4H3. The molecule has 1 heterocycles. The molecule has 1 aliphatic heterocycles. The molecule has 0 unspecified atom stereocenters. The van der Waals surface area contributed by atoms with Crippen LogP contribution in [0.25, 0.3) is 0 Å². The summed E-state index contributed by atoms with van der Waals surface area (Å²) in [5.41, 5.74) is 0.903. The Bertz CT molecular complexity index is 292. The highest BCUT2D eigenvalue weighted by Gasteiger charge is 2.24. The van der Waals surface area contributed by atoms with Crippen molar-refractivity contribution in [2.45, 2.75) is 39.2 Å². The van der Waals surface area contributed by atoms with Crippen LogP contribution in [0.4, 0.5) is 4.79 Å². The summed E-state index contributed by atoms with van der Waals surface area (Å²) in [4.78, 5) is 13.7. The highest BCUT2D eigenvalue weighted by Crippen LogP contribution is 2.18. The normalized spacial score (nSPS) is 19.5. The summed E-state index contributed by atoms with van der Waals surface area (Å²) in [6, 6.07) is 0. The van der Waals surface area contributed by atoms with E-state index in [1.165, 1.54) is 5.57 Å². The molecule has 0 radical (unpaired) electrons. The van der Waals surface area contributed by atoms with Gasteiger partial charge in [0.1, 0.15) is 5.60 Å². The van der Waals surface area contributed by atoms with Crippen molar-refractivity contribution in [3.05, 3.63) is 11.6 Å². The molecule has 4 nitrogen and oxygen atoms in total. The van der Waals surface area contributed by atoms with Crippen molar-refractivity contribution in [1.82, 2.24) is 10.2 Å². The van der Waals surface area contributed by atoms with E-state index in [1.807, 2.05) is 27.8 Å². The molecule has 1 amide bonds. The van der Waals surface area contributed by atoms with Crippen LogP contribution in [0.5, 0.6) is 0 Å². The number of carbonyl (C=O) groups is 1. The number of amides is 1. The zero-order valence-corrected chi connectivity index (χ0v) is 11.4. The van der Waals surface area contributed by atoms with Crippen LogP contribution in [0, 0.1) is 0 Å². The molecule has 1 N–H and O–H groups in total. The quantitative estimate of drug-likeness (QED) is 0.752. The minimum Gasteiger partial charge on any atom is -0.444 e. The minimum absolute atomic E-state index is 0.201. The van der Waals surface area contributed by atoms with E-state index >= 15 is 0 Å². The second-order valence-corrected chi connectivity index (χ2v) is 5.43. The molecule has 1 saturated heterocycles. The van der Waals surface area contributed by atoms with Crippen LogP contribution in [-0.4, -0.2) is 43.3 Å². The number of piperidine rings is 1. The SMILES string of the molecule is CNCC=C1CCCN(C(=O)OC(C)(C)C)C1. The van der Waals surface area contributed by atoms with E-state index < -0.39 is 5.60 Å². The number of hydrogen-bond donors (Lipinski definition) is 1. The number of likely N-dealkylation sites (N-methyl/N-ethyl adjacent to an activating group) is 1.